The van der Waals surface area contributed by atoms with E-state index in [2.05, 4.69) is 9.71 Å². The summed E-state index contributed by atoms with van der Waals surface area (Å²) in [6.45, 7) is 2.05. The summed E-state index contributed by atoms with van der Waals surface area (Å²) in [7, 11) is -3.74. The molecule has 0 saturated heterocycles. The van der Waals surface area contributed by atoms with Gasteiger partial charge in [0, 0.05) is 5.38 Å². The summed E-state index contributed by atoms with van der Waals surface area (Å²) in [6.07, 6.45) is 0.825. The largest absolute Gasteiger partial charge is 0.455 e. The molecule has 0 aliphatic heterocycles. The van der Waals surface area contributed by atoms with Crippen LogP contribution in [0.15, 0.2) is 51.4 Å². The lowest BCUT2D eigenvalue weighted by Crippen LogP contribution is -2.15. The van der Waals surface area contributed by atoms with Gasteiger partial charge in [-0.05, 0) is 30.0 Å². The van der Waals surface area contributed by atoms with Gasteiger partial charge >= 0.3 is 5.97 Å². The molecule has 6 nitrogen and oxygen atoms in total. The van der Waals surface area contributed by atoms with Crippen molar-refractivity contribution >= 4 is 44.4 Å². The number of aromatic nitrogens is 1. The highest BCUT2D eigenvalue weighted by Gasteiger charge is 2.20. The zero-order valence-corrected chi connectivity index (χ0v) is 16.3. The van der Waals surface area contributed by atoms with E-state index < -0.39 is 16.0 Å². The van der Waals surface area contributed by atoms with Crippen LogP contribution in [0.1, 0.15) is 28.0 Å². The van der Waals surface area contributed by atoms with Crippen molar-refractivity contribution in [1.82, 2.24) is 4.98 Å². The highest BCUT2D eigenvalue weighted by molar-refractivity contribution is 7.94. The van der Waals surface area contributed by atoms with Crippen molar-refractivity contribution in [2.45, 2.75) is 24.2 Å². The number of nitrogens with one attached hydrogen (secondary N) is 1. The van der Waals surface area contributed by atoms with Gasteiger partial charge in [-0.3, -0.25) is 4.72 Å². The van der Waals surface area contributed by atoms with Gasteiger partial charge in [0.1, 0.15) is 10.8 Å². The maximum atomic E-state index is 12.4. The molecule has 0 bridgehead atoms. The number of aryl methyl sites for hydroxylation is 1. The van der Waals surface area contributed by atoms with E-state index in [1.807, 2.05) is 12.3 Å². The van der Waals surface area contributed by atoms with E-state index in [-0.39, 0.29) is 22.1 Å². The maximum Gasteiger partial charge on any atom is 0.340 e. The average Bonchev–Trinajstić information content (AvgIpc) is 3.31. The van der Waals surface area contributed by atoms with Crippen molar-refractivity contribution in [1.29, 1.82) is 0 Å². The van der Waals surface area contributed by atoms with Crippen molar-refractivity contribution < 1.29 is 17.9 Å². The fraction of sp³-hybridized carbons (Fsp3) is 0.176. The number of thiophene rings is 1. The van der Waals surface area contributed by atoms with E-state index in [0.717, 1.165) is 22.8 Å². The molecule has 0 saturated carbocycles. The van der Waals surface area contributed by atoms with Gasteiger partial charge in [0.25, 0.3) is 10.0 Å². The first kappa shape index (κ1) is 18.6. The van der Waals surface area contributed by atoms with Gasteiger partial charge in [0.15, 0.2) is 0 Å². The first-order chi connectivity index (χ1) is 12.5. The molecule has 136 valence electrons. The average molecular weight is 409 g/mol. The molecule has 0 atom stereocenters. The predicted molar refractivity (Wildman–Crippen MR) is 102 cm³/mol. The number of hydrogen-bond donors (Lipinski definition) is 1. The molecule has 3 rings (SSSR count). The minimum atomic E-state index is -3.74. The molecule has 9 heteroatoms. The Morgan fingerprint density at radius 2 is 2.00 bits per heavy atom. The van der Waals surface area contributed by atoms with Crippen molar-refractivity contribution in [2.24, 2.45) is 0 Å². The number of anilines is 1. The molecule has 0 fully saturated rings. The van der Waals surface area contributed by atoms with E-state index in [4.69, 9.17) is 4.74 Å². The maximum absolute atomic E-state index is 12.4. The summed E-state index contributed by atoms with van der Waals surface area (Å²) in [5, 5.41) is 4.49. The van der Waals surface area contributed by atoms with Crippen LogP contribution in [0.5, 0.6) is 0 Å². The first-order valence-electron chi connectivity index (χ1n) is 7.75. The second-order valence-corrected chi connectivity index (χ2v) is 9.05. The van der Waals surface area contributed by atoms with Gasteiger partial charge in [-0.2, -0.15) is 0 Å². The number of rotatable bonds is 7. The van der Waals surface area contributed by atoms with Crippen LogP contribution in [0.4, 0.5) is 5.69 Å². The Kier molecular flexibility index (Phi) is 5.70. The number of carbonyl (C=O) groups excluding carboxylic acids is 1. The van der Waals surface area contributed by atoms with Gasteiger partial charge in [0.05, 0.1) is 22.0 Å². The summed E-state index contributed by atoms with van der Waals surface area (Å²) in [6, 6.07) is 9.50. The summed E-state index contributed by atoms with van der Waals surface area (Å²) < 4.78 is 32.7. The standard InChI is InChI=1S/C17H16N2O4S3/c1-2-15-18-12(11-25-15)10-23-17(20)13-6-3-4-7-14(13)19-26(21,22)16-8-5-9-24-16/h3-9,11,19H,2,10H2,1H3. The Labute approximate surface area is 159 Å². The highest BCUT2D eigenvalue weighted by atomic mass is 32.2. The smallest absolute Gasteiger partial charge is 0.340 e. The van der Waals surface area contributed by atoms with Crippen molar-refractivity contribution in [2.75, 3.05) is 4.72 Å². The minimum absolute atomic E-state index is 0.0430. The van der Waals surface area contributed by atoms with Crippen molar-refractivity contribution in [3.8, 4) is 0 Å². The van der Waals surface area contributed by atoms with Crippen LogP contribution in [-0.2, 0) is 27.8 Å². The number of ether oxygens (including phenoxy) is 1. The van der Waals surface area contributed by atoms with Crippen LogP contribution in [-0.4, -0.2) is 19.4 Å². The Bertz CT molecular complexity index is 995. The van der Waals surface area contributed by atoms with Crippen molar-refractivity contribution in [3.05, 3.63) is 63.4 Å². The molecule has 0 radical (unpaired) electrons. The zero-order chi connectivity index (χ0) is 18.6. The Morgan fingerprint density at radius 1 is 1.19 bits per heavy atom. The Balaban J connectivity index is 1.75. The lowest BCUT2D eigenvalue weighted by molar-refractivity contribution is 0.0469. The molecular weight excluding hydrogens is 392 g/mol. The summed E-state index contributed by atoms with van der Waals surface area (Å²) in [5.74, 6) is -0.611. The van der Waals surface area contributed by atoms with Crippen LogP contribution in [0, 0.1) is 0 Å². The molecule has 0 spiro atoms. The van der Waals surface area contributed by atoms with Crippen molar-refractivity contribution in [3.63, 3.8) is 0 Å². The van der Waals surface area contributed by atoms with Gasteiger partial charge in [-0.25, -0.2) is 18.2 Å². The summed E-state index contributed by atoms with van der Waals surface area (Å²) in [4.78, 5) is 16.7. The van der Waals surface area contributed by atoms with Crippen LogP contribution in [0.3, 0.4) is 0 Å². The van der Waals surface area contributed by atoms with Crippen LogP contribution in [0.2, 0.25) is 0 Å². The van der Waals surface area contributed by atoms with Gasteiger partial charge in [-0.1, -0.05) is 25.1 Å². The third-order valence-corrected chi connectivity index (χ3v) is 7.21. The normalized spacial score (nSPS) is 11.3. The summed E-state index contributed by atoms with van der Waals surface area (Å²) in [5.41, 5.74) is 1.01. The van der Waals surface area contributed by atoms with E-state index in [1.165, 1.54) is 29.5 Å². The number of esters is 1. The fourth-order valence-electron chi connectivity index (χ4n) is 2.16. The SMILES string of the molecule is CCc1nc(COC(=O)c2ccccc2NS(=O)(=O)c2cccs2)cs1. The molecule has 0 aliphatic rings. The molecule has 0 unspecified atom stereocenters. The Morgan fingerprint density at radius 3 is 2.69 bits per heavy atom. The number of thiazole rings is 1. The number of carbonyl (C=O) groups is 1. The van der Waals surface area contributed by atoms with Gasteiger partial charge < -0.3 is 4.74 Å². The number of para-hydroxylation sites is 1. The molecule has 1 aromatic carbocycles. The van der Waals surface area contributed by atoms with Gasteiger partial charge in [-0.15, -0.1) is 22.7 Å². The fourth-order valence-corrected chi connectivity index (χ4v) is 4.96. The Hall–Kier alpha value is -2.23. The molecule has 0 amide bonds. The number of sulfonamides is 1. The molecule has 1 N–H and O–H groups in total. The lowest BCUT2D eigenvalue weighted by atomic mass is 10.2. The highest BCUT2D eigenvalue weighted by Crippen LogP contribution is 2.23. The molecule has 2 heterocycles. The second-order valence-electron chi connectivity index (χ2n) is 5.25. The van der Waals surface area contributed by atoms with E-state index in [9.17, 15) is 13.2 Å². The lowest BCUT2D eigenvalue weighted by Gasteiger charge is -2.11. The number of benzene rings is 1. The topological polar surface area (TPSA) is 85.4 Å². The second kappa shape index (κ2) is 7.98. The van der Waals surface area contributed by atoms with Gasteiger partial charge in [0.2, 0.25) is 0 Å². The minimum Gasteiger partial charge on any atom is -0.455 e. The molecule has 0 aliphatic carbocycles. The molecule has 3 aromatic rings. The third kappa shape index (κ3) is 4.29. The zero-order valence-electron chi connectivity index (χ0n) is 13.8. The van der Waals surface area contributed by atoms with E-state index >= 15 is 0 Å². The van der Waals surface area contributed by atoms with Crippen LogP contribution >= 0.6 is 22.7 Å². The van der Waals surface area contributed by atoms with Crippen LogP contribution in [0.25, 0.3) is 0 Å². The van der Waals surface area contributed by atoms with E-state index in [1.54, 1.807) is 23.6 Å². The molecular formula is C17H16N2O4S3. The molecule has 2 aromatic heterocycles. The molecule has 26 heavy (non-hydrogen) atoms. The summed E-state index contributed by atoms with van der Waals surface area (Å²) >= 11 is 2.62. The van der Waals surface area contributed by atoms with E-state index in [0.29, 0.717) is 5.69 Å². The monoisotopic (exact) mass is 408 g/mol. The van der Waals surface area contributed by atoms with Crippen LogP contribution < -0.4 is 4.72 Å². The predicted octanol–water partition coefficient (Wildman–Crippen LogP) is 3.92. The quantitative estimate of drug-likeness (QED) is 0.599. The first-order valence-corrected chi connectivity index (χ1v) is 11.0. The third-order valence-electron chi connectivity index (χ3n) is 3.40. The number of hydrogen-bond acceptors (Lipinski definition) is 7. The number of nitrogens with zero attached hydrogens (tertiary/aromatic N) is 1.